The second-order valence-electron chi connectivity index (χ2n) is 4.74. The molecule has 1 aromatic carbocycles. The molecule has 6 nitrogen and oxygen atoms in total. The average molecular weight is 283 g/mol. The number of aromatic nitrogens is 2. The molecule has 0 saturated carbocycles. The summed E-state index contributed by atoms with van der Waals surface area (Å²) in [4.78, 5) is 14.2. The molecule has 21 heavy (non-hydrogen) atoms. The maximum absolute atomic E-state index is 12.4. The molecule has 3 N–H and O–H groups in total. The number of H-pyrrole nitrogens is 1. The summed E-state index contributed by atoms with van der Waals surface area (Å²) in [5.41, 5.74) is 7.50. The molecule has 108 valence electrons. The van der Waals surface area contributed by atoms with Crippen molar-refractivity contribution in [2.45, 2.75) is 19.9 Å². The lowest BCUT2D eigenvalue weighted by Crippen LogP contribution is -2.31. The summed E-state index contributed by atoms with van der Waals surface area (Å²) in [6.07, 6.45) is 0.853. The van der Waals surface area contributed by atoms with Gasteiger partial charge in [0.15, 0.2) is 0 Å². The van der Waals surface area contributed by atoms with Crippen molar-refractivity contribution in [1.82, 2.24) is 15.1 Å². The van der Waals surface area contributed by atoms with Gasteiger partial charge in [-0.05, 0) is 24.1 Å². The molecular formula is C15H17N5O. The van der Waals surface area contributed by atoms with Gasteiger partial charge < -0.3 is 10.6 Å². The standard InChI is InChI=1S/C15H17N5O/c1-2-7-20(15(21)13-8-14(17)19-18-13)10-12-5-3-11(9-16)4-6-12/h3-6,8H,2,7,10H2,1H3,(H3,17,18,19). The molecule has 1 aromatic heterocycles. The van der Waals surface area contributed by atoms with Gasteiger partial charge in [0.2, 0.25) is 0 Å². The van der Waals surface area contributed by atoms with Crippen LogP contribution in [-0.2, 0) is 6.54 Å². The van der Waals surface area contributed by atoms with Crippen molar-refractivity contribution in [2.75, 3.05) is 12.3 Å². The van der Waals surface area contributed by atoms with E-state index >= 15 is 0 Å². The van der Waals surface area contributed by atoms with E-state index in [2.05, 4.69) is 16.3 Å². The molecule has 0 aliphatic rings. The quantitative estimate of drug-likeness (QED) is 0.875. The first kappa shape index (κ1) is 14.6. The molecule has 6 heteroatoms. The van der Waals surface area contributed by atoms with Crippen molar-refractivity contribution in [3.05, 3.63) is 47.2 Å². The predicted octanol–water partition coefficient (Wildman–Crippen LogP) is 1.92. The highest BCUT2D eigenvalue weighted by Crippen LogP contribution is 2.12. The number of aromatic amines is 1. The van der Waals surface area contributed by atoms with Gasteiger partial charge in [-0.15, -0.1) is 0 Å². The van der Waals surface area contributed by atoms with E-state index in [0.29, 0.717) is 30.2 Å². The first-order valence-corrected chi connectivity index (χ1v) is 6.73. The lowest BCUT2D eigenvalue weighted by atomic mass is 10.1. The summed E-state index contributed by atoms with van der Waals surface area (Å²) in [7, 11) is 0. The van der Waals surface area contributed by atoms with Gasteiger partial charge in [-0.25, -0.2) is 0 Å². The Labute approximate surface area is 123 Å². The summed E-state index contributed by atoms with van der Waals surface area (Å²) >= 11 is 0. The van der Waals surface area contributed by atoms with Gasteiger partial charge in [-0.1, -0.05) is 19.1 Å². The van der Waals surface area contributed by atoms with Crippen molar-refractivity contribution >= 4 is 11.7 Å². The smallest absolute Gasteiger partial charge is 0.272 e. The number of amides is 1. The number of benzene rings is 1. The van der Waals surface area contributed by atoms with Crippen molar-refractivity contribution in [2.24, 2.45) is 0 Å². The molecule has 0 bridgehead atoms. The fraction of sp³-hybridized carbons (Fsp3) is 0.267. The largest absolute Gasteiger partial charge is 0.382 e. The highest BCUT2D eigenvalue weighted by atomic mass is 16.2. The number of nitriles is 1. The minimum absolute atomic E-state index is 0.134. The highest BCUT2D eigenvalue weighted by Gasteiger charge is 2.17. The normalized spacial score (nSPS) is 10.1. The van der Waals surface area contributed by atoms with E-state index in [1.54, 1.807) is 17.0 Å². The molecule has 0 spiro atoms. The SMILES string of the molecule is CCCN(Cc1ccc(C#N)cc1)C(=O)c1cc(N)n[nH]1. The van der Waals surface area contributed by atoms with E-state index in [4.69, 9.17) is 11.0 Å². The van der Waals surface area contributed by atoms with Gasteiger partial charge in [-0.3, -0.25) is 9.89 Å². The maximum atomic E-state index is 12.4. The zero-order chi connectivity index (χ0) is 15.2. The summed E-state index contributed by atoms with van der Waals surface area (Å²) < 4.78 is 0. The van der Waals surface area contributed by atoms with Gasteiger partial charge in [0.25, 0.3) is 5.91 Å². The molecule has 0 aliphatic heterocycles. The Hall–Kier alpha value is -2.81. The topological polar surface area (TPSA) is 98.8 Å². The van der Waals surface area contributed by atoms with Gasteiger partial charge in [0, 0.05) is 19.2 Å². The summed E-state index contributed by atoms with van der Waals surface area (Å²) in [5, 5.41) is 15.2. The van der Waals surface area contributed by atoms with Gasteiger partial charge >= 0.3 is 0 Å². The van der Waals surface area contributed by atoms with E-state index < -0.39 is 0 Å². The molecule has 1 heterocycles. The van der Waals surface area contributed by atoms with Crippen molar-refractivity contribution in [1.29, 1.82) is 5.26 Å². The Morgan fingerprint density at radius 3 is 2.67 bits per heavy atom. The van der Waals surface area contributed by atoms with Crippen molar-refractivity contribution in [3.8, 4) is 6.07 Å². The Morgan fingerprint density at radius 1 is 1.43 bits per heavy atom. The number of nitrogens with zero attached hydrogens (tertiary/aromatic N) is 3. The molecular weight excluding hydrogens is 266 g/mol. The third-order valence-corrected chi connectivity index (χ3v) is 3.07. The number of nitrogens with one attached hydrogen (secondary N) is 1. The van der Waals surface area contributed by atoms with E-state index in [0.717, 1.165) is 12.0 Å². The monoisotopic (exact) mass is 283 g/mol. The minimum Gasteiger partial charge on any atom is -0.382 e. The van der Waals surface area contributed by atoms with Gasteiger partial charge in [0.1, 0.15) is 11.5 Å². The second kappa shape index (κ2) is 6.57. The number of hydrogen-bond acceptors (Lipinski definition) is 4. The predicted molar refractivity (Wildman–Crippen MR) is 79.2 cm³/mol. The number of hydrogen-bond donors (Lipinski definition) is 2. The lowest BCUT2D eigenvalue weighted by Gasteiger charge is -2.21. The van der Waals surface area contributed by atoms with Crippen LogP contribution in [0.5, 0.6) is 0 Å². The van der Waals surface area contributed by atoms with E-state index in [-0.39, 0.29) is 5.91 Å². The highest BCUT2D eigenvalue weighted by molar-refractivity contribution is 5.92. The Balaban J connectivity index is 2.14. The summed E-state index contributed by atoms with van der Waals surface area (Å²) in [5.74, 6) is 0.165. The number of nitrogen functional groups attached to an aromatic ring is 1. The molecule has 2 rings (SSSR count). The lowest BCUT2D eigenvalue weighted by molar-refractivity contribution is 0.0737. The maximum Gasteiger partial charge on any atom is 0.272 e. The van der Waals surface area contributed by atoms with Crippen LogP contribution in [0.2, 0.25) is 0 Å². The van der Waals surface area contributed by atoms with Crippen LogP contribution in [0.1, 0.15) is 35.0 Å². The van der Waals surface area contributed by atoms with Crippen LogP contribution in [0.25, 0.3) is 0 Å². The van der Waals surface area contributed by atoms with Crippen LogP contribution in [0, 0.1) is 11.3 Å². The van der Waals surface area contributed by atoms with E-state index in [1.807, 2.05) is 19.1 Å². The van der Waals surface area contributed by atoms with Crippen LogP contribution in [0.4, 0.5) is 5.82 Å². The molecule has 0 saturated heterocycles. The number of nitrogens with two attached hydrogens (primary N) is 1. The first-order valence-electron chi connectivity index (χ1n) is 6.73. The van der Waals surface area contributed by atoms with Crippen LogP contribution in [0.15, 0.2) is 30.3 Å². The fourth-order valence-corrected chi connectivity index (χ4v) is 2.04. The zero-order valence-electron chi connectivity index (χ0n) is 11.8. The second-order valence-corrected chi connectivity index (χ2v) is 4.74. The van der Waals surface area contributed by atoms with Crippen LogP contribution >= 0.6 is 0 Å². The molecule has 0 fully saturated rings. The van der Waals surface area contributed by atoms with Crippen molar-refractivity contribution in [3.63, 3.8) is 0 Å². The van der Waals surface area contributed by atoms with E-state index in [1.165, 1.54) is 6.07 Å². The zero-order valence-corrected chi connectivity index (χ0v) is 11.8. The van der Waals surface area contributed by atoms with E-state index in [9.17, 15) is 4.79 Å². The van der Waals surface area contributed by atoms with Gasteiger partial charge in [-0.2, -0.15) is 10.4 Å². The molecule has 0 aliphatic carbocycles. The minimum atomic E-state index is -0.134. The third-order valence-electron chi connectivity index (χ3n) is 3.07. The Bertz CT molecular complexity index is 653. The molecule has 0 unspecified atom stereocenters. The molecule has 0 radical (unpaired) electrons. The molecule has 1 amide bonds. The van der Waals surface area contributed by atoms with Crippen LogP contribution in [-0.4, -0.2) is 27.5 Å². The van der Waals surface area contributed by atoms with Crippen molar-refractivity contribution < 1.29 is 4.79 Å². The first-order chi connectivity index (χ1) is 10.1. The molecule has 2 aromatic rings. The number of carbonyl (C=O) groups is 1. The van der Waals surface area contributed by atoms with Crippen LogP contribution < -0.4 is 5.73 Å². The number of carbonyl (C=O) groups excluding carboxylic acids is 1. The van der Waals surface area contributed by atoms with Crippen LogP contribution in [0.3, 0.4) is 0 Å². The van der Waals surface area contributed by atoms with Gasteiger partial charge in [0.05, 0.1) is 11.6 Å². The average Bonchev–Trinajstić information content (AvgIpc) is 2.93. The summed E-state index contributed by atoms with van der Waals surface area (Å²) in [6.45, 7) is 3.13. The summed E-state index contributed by atoms with van der Waals surface area (Å²) in [6, 6.07) is 10.8. The fourth-order valence-electron chi connectivity index (χ4n) is 2.04. The molecule has 0 atom stereocenters. The number of anilines is 1. The Kier molecular flexibility index (Phi) is 4.57. The number of rotatable bonds is 5. The Morgan fingerprint density at radius 2 is 2.14 bits per heavy atom. The third kappa shape index (κ3) is 3.60.